The van der Waals surface area contributed by atoms with Crippen molar-refractivity contribution in [1.29, 1.82) is 0 Å². The topological polar surface area (TPSA) is 21.5 Å². The van der Waals surface area contributed by atoms with Crippen molar-refractivity contribution >= 4 is 5.71 Å². The zero-order valence-electron chi connectivity index (χ0n) is 20.9. The number of rotatable bonds is 8. The van der Waals surface area contributed by atoms with Gasteiger partial charge < -0.3 is 21.9 Å². The van der Waals surface area contributed by atoms with Crippen LogP contribution in [0.2, 0.25) is 0 Å². The van der Waals surface area contributed by atoms with Crippen LogP contribution in [0.15, 0.2) is 103 Å². The average Bonchev–Trinajstić information content (AvgIpc) is 2.92. The molecule has 0 amide bonds. The number of hydrogen-bond acceptors (Lipinski definition) is 2. The SMILES string of the molecule is CC1=[N+]([C@H](C)c2ccccc2)CCc2cc(OCc3ccccc3)cc(OCc3ccccc3)c21.[Cl-]. The molecule has 0 aromatic heterocycles. The molecule has 1 atom stereocenters. The average molecular weight is 498 g/mol. The van der Waals surface area contributed by atoms with Gasteiger partial charge in [-0.2, -0.15) is 0 Å². The van der Waals surface area contributed by atoms with Crippen molar-refractivity contribution in [1.82, 2.24) is 0 Å². The van der Waals surface area contributed by atoms with Gasteiger partial charge in [-0.25, -0.2) is 4.58 Å². The molecule has 0 N–H and O–H groups in total. The van der Waals surface area contributed by atoms with Crippen LogP contribution in [0.1, 0.15) is 47.7 Å². The monoisotopic (exact) mass is 497 g/mol. The Bertz CT molecular complexity index is 1300. The standard InChI is InChI=1S/C32H32NO2.ClH/c1-24(28-16-10-5-11-17-28)33-19-18-29-20-30(34-22-26-12-6-3-7-13-26)21-31(32(29)25(33)2)35-23-27-14-8-4-9-15-27;/h3-17,20-21,24H,18-19,22-23H2,1-2H3;1H/q+1;/p-1/t24-;/m1./s1. The van der Waals surface area contributed by atoms with E-state index in [1.165, 1.54) is 22.4 Å². The van der Waals surface area contributed by atoms with Gasteiger partial charge in [0.1, 0.15) is 31.3 Å². The van der Waals surface area contributed by atoms with Gasteiger partial charge in [-0.3, -0.25) is 0 Å². The van der Waals surface area contributed by atoms with Crippen molar-refractivity contribution in [3.8, 4) is 11.5 Å². The zero-order valence-corrected chi connectivity index (χ0v) is 21.6. The van der Waals surface area contributed by atoms with E-state index < -0.39 is 0 Å². The van der Waals surface area contributed by atoms with Crippen LogP contribution < -0.4 is 21.9 Å². The second-order valence-corrected chi connectivity index (χ2v) is 9.12. The number of hydrogen-bond donors (Lipinski definition) is 0. The lowest BCUT2D eigenvalue weighted by atomic mass is 9.94. The summed E-state index contributed by atoms with van der Waals surface area (Å²) in [6.45, 7) is 6.53. The smallest absolute Gasteiger partial charge is 0.184 e. The normalized spacial score (nSPS) is 13.4. The molecule has 5 rings (SSSR count). The Kier molecular flexibility index (Phi) is 8.45. The summed E-state index contributed by atoms with van der Waals surface area (Å²) in [7, 11) is 0. The molecule has 0 saturated heterocycles. The van der Waals surface area contributed by atoms with Gasteiger partial charge in [-0.15, -0.1) is 0 Å². The maximum Gasteiger partial charge on any atom is 0.184 e. The summed E-state index contributed by atoms with van der Waals surface area (Å²) in [6.07, 6.45) is 0.952. The first-order valence-corrected chi connectivity index (χ1v) is 12.3. The van der Waals surface area contributed by atoms with E-state index in [1.54, 1.807) is 0 Å². The number of halogens is 1. The molecule has 1 heterocycles. The molecule has 3 nitrogen and oxygen atoms in total. The molecule has 184 valence electrons. The van der Waals surface area contributed by atoms with Crippen LogP contribution in [-0.2, 0) is 19.6 Å². The molecule has 0 radical (unpaired) electrons. The van der Waals surface area contributed by atoms with Crippen molar-refractivity contribution in [2.75, 3.05) is 6.54 Å². The van der Waals surface area contributed by atoms with E-state index in [-0.39, 0.29) is 12.4 Å². The Morgan fingerprint density at radius 2 is 1.31 bits per heavy atom. The van der Waals surface area contributed by atoms with Crippen molar-refractivity contribution in [3.63, 3.8) is 0 Å². The Balaban J connectivity index is 0.00000304. The molecular weight excluding hydrogens is 466 g/mol. The highest BCUT2D eigenvalue weighted by molar-refractivity contribution is 6.00. The minimum absolute atomic E-state index is 0. The summed E-state index contributed by atoms with van der Waals surface area (Å²) in [5.41, 5.74) is 7.36. The zero-order chi connectivity index (χ0) is 24.0. The molecule has 1 aliphatic rings. The van der Waals surface area contributed by atoms with Crippen LogP contribution in [-0.4, -0.2) is 16.8 Å². The third kappa shape index (κ3) is 5.80. The third-order valence-electron chi connectivity index (χ3n) is 6.81. The Morgan fingerprint density at radius 1 is 0.750 bits per heavy atom. The quantitative estimate of drug-likeness (QED) is 0.343. The van der Waals surface area contributed by atoms with Crippen molar-refractivity contribution < 1.29 is 26.5 Å². The molecule has 0 aliphatic carbocycles. The molecular formula is C32H32ClNO2. The van der Waals surface area contributed by atoms with Gasteiger partial charge in [-0.1, -0.05) is 91.0 Å². The van der Waals surface area contributed by atoms with Gasteiger partial charge >= 0.3 is 0 Å². The Morgan fingerprint density at radius 3 is 1.92 bits per heavy atom. The minimum Gasteiger partial charge on any atom is -1.00 e. The summed E-state index contributed by atoms with van der Waals surface area (Å²) in [4.78, 5) is 0. The highest BCUT2D eigenvalue weighted by Gasteiger charge is 2.30. The van der Waals surface area contributed by atoms with Gasteiger partial charge in [-0.05, 0) is 22.8 Å². The summed E-state index contributed by atoms with van der Waals surface area (Å²) < 4.78 is 15.2. The predicted octanol–water partition coefficient (Wildman–Crippen LogP) is 3.99. The second-order valence-electron chi connectivity index (χ2n) is 9.12. The first-order chi connectivity index (χ1) is 17.2. The van der Waals surface area contributed by atoms with Gasteiger partial charge in [0.2, 0.25) is 0 Å². The van der Waals surface area contributed by atoms with E-state index in [9.17, 15) is 0 Å². The molecule has 0 fully saturated rings. The first-order valence-electron chi connectivity index (χ1n) is 12.3. The van der Waals surface area contributed by atoms with Gasteiger partial charge in [0.15, 0.2) is 11.8 Å². The van der Waals surface area contributed by atoms with Crippen molar-refractivity contribution in [3.05, 3.63) is 131 Å². The molecule has 0 unspecified atom stereocenters. The molecule has 4 aromatic carbocycles. The maximum absolute atomic E-state index is 6.46. The lowest BCUT2D eigenvalue weighted by molar-refractivity contribution is -0.569. The number of fused-ring (bicyclic) bond motifs is 1. The molecule has 0 saturated carbocycles. The number of benzene rings is 4. The van der Waals surface area contributed by atoms with Crippen LogP contribution in [0.3, 0.4) is 0 Å². The van der Waals surface area contributed by atoms with Crippen LogP contribution in [0.5, 0.6) is 11.5 Å². The lowest BCUT2D eigenvalue weighted by Crippen LogP contribution is -3.00. The summed E-state index contributed by atoms with van der Waals surface area (Å²) in [5, 5.41) is 0. The summed E-state index contributed by atoms with van der Waals surface area (Å²) in [5.74, 6) is 1.74. The number of nitrogens with zero attached hydrogens (tertiary/aromatic N) is 1. The van der Waals surface area contributed by atoms with Crippen LogP contribution in [0.4, 0.5) is 0 Å². The van der Waals surface area contributed by atoms with Crippen molar-refractivity contribution in [2.45, 2.75) is 39.5 Å². The fraction of sp³-hybridized carbons (Fsp3) is 0.219. The van der Waals surface area contributed by atoms with Crippen LogP contribution in [0, 0.1) is 0 Å². The molecule has 36 heavy (non-hydrogen) atoms. The summed E-state index contributed by atoms with van der Waals surface area (Å²) >= 11 is 0. The molecule has 1 aliphatic heterocycles. The lowest BCUT2D eigenvalue weighted by Gasteiger charge is -2.24. The molecule has 0 bridgehead atoms. The van der Waals surface area contributed by atoms with Gasteiger partial charge in [0, 0.05) is 31.9 Å². The van der Waals surface area contributed by atoms with Gasteiger partial charge in [0.05, 0.1) is 5.56 Å². The van der Waals surface area contributed by atoms with E-state index in [0.29, 0.717) is 19.3 Å². The molecule has 4 heteroatoms. The van der Waals surface area contributed by atoms with E-state index in [2.05, 4.69) is 85.2 Å². The molecule has 4 aromatic rings. The maximum atomic E-state index is 6.46. The predicted molar refractivity (Wildman–Crippen MR) is 141 cm³/mol. The third-order valence-corrected chi connectivity index (χ3v) is 6.81. The van der Waals surface area contributed by atoms with E-state index in [0.717, 1.165) is 35.6 Å². The highest BCUT2D eigenvalue weighted by Crippen LogP contribution is 2.34. The van der Waals surface area contributed by atoms with Crippen molar-refractivity contribution in [2.24, 2.45) is 0 Å². The minimum atomic E-state index is 0. The summed E-state index contributed by atoms with van der Waals surface area (Å²) in [6, 6.07) is 35.9. The Hall–Kier alpha value is -3.56. The van der Waals surface area contributed by atoms with E-state index in [4.69, 9.17) is 9.47 Å². The second kappa shape index (κ2) is 11.9. The van der Waals surface area contributed by atoms with Gasteiger partial charge in [0.25, 0.3) is 0 Å². The largest absolute Gasteiger partial charge is 1.00 e. The van der Waals surface area contributed by atoms with E-state index in [1.807, 2.05) is 36.4 Å². The van der Waals surface area contributed by atoms with Crippen LogP contribution in [0.25, 0.3) is 0 Å². The fourth-order valence-electron chi connectivity index (χ4n) is 4.87. The highest BCUT2D eigenvalue weighted by atomic mass is 35.5. The van der Waals surface area contributed by atoms with E-state index >= 15 is 0 Å². The molecule has 0 spiro atoms. The number of ether oxygens (including phenoxy) is 2. The van der Waals surface area contributed by atoms with Crippen LogP contribution >= 0.6 is 0 Å². The fourth-order valence-corrected chi connectivity index (χ4v) is 4.87. The Labute approximate surface area is 220 Å². The first kappa shape index (κ1) is 25.5.